The van der Waals surface area contributed by atoms with E-state index in [4.69, 9.17) is 4.74 Å². The van der Waals surface area contributed by atoms with Crippen molar-refractivity contribution in [2.24, 2.45) is 0 Å². The van der Waals surface area contributed by atoms with Gasteiger partial charge in [-0.25, -0.2) is 15.2 Å². The number of para-hydroxylation sites is 2. The molecular formula is C14H18N4O2. The third-order valence-corrected chi connectivity index (χ3v) is 2.36. The smallest absolute Gasteiger partial charge is 0.422 e. The van der Waals surface area contributed by atoms with E-state index in [0.717, 1.165) is 16.7 Å². The van der Waals surface area contributed by atoms with Gasteiger partial charge >= 0.3 is 6.09 Å². The van der Waals surface area contributed by atoms with Gasteiger partial charge in [0.1, 0.15) is 5.60 Å². The highest BCUT2D eigenvalue weighted by Crippen LogP contribution is 2.08. The van der Waals surface area contributed by atoms with Gasteiger partial charge in [0.05, 0.1) is 29.5 Å². The zero-order chi connectivity index (χ0) is 14.6. The van der Waals surface area contributed by atoms with Crippen LogP contribution in [0, 0.1) is 0 Å². The van der Waals surface area contributed by atoms with Gasteiger partial charge in [-0.3, -0.25) is 10.4 Å². The van der Waals surface area contributed by atoms with Crippen molar-refractivity contribution in [3.05, 3.63) is 36.2 Å². The van der Waals surface area contributed by atoms with Gasteiger partial charge in [0.2, 0.25) is 0 Å². The van der Waals surface area contributed by atoms with Gasteiger partial charge in [0.25, 0.3) is 0 Å². The number of benzene rings is 1. The molecular weight excluding hydrogens is 256 g/mol. The molecule has 0 fully saturated rings. The Kier molecular flexibility index (Phi) is 4.14. The Morgan fingerprint density at radius 2 is 1.95 bits per heavy atom. The molecule has 6 nitrogen and oxygen atoms in total. The van der Waals surface area contributed by atoms with E-state index in [1.54, 1.807) is 27.0 Å². The topological polar surface area (TPSA) is 76.1 Å². The Morgan fingerprint density at radius 3 is 2.65 bits per heavy atom. The summed E-state index contributed by atoms with van der Waals surface area (Å²) in [6.07, 6.45) is 1.15. The summed E-state index contributed by atoms with van der Waals surface area (Å²) >= 11 is 0. The molecule has 0 bridgehead atoms. The molecule has 1 aromatic heterocycles. The number of rotatable bonds is 3. The second-order valence-electron chi connectivity index (χ2n) is 5.33. The van der Waals surface area contributed by atoms with Gasteiger partial charge in [-0.15, -0.1) is 0 Å². The van der Waals surface area contributed by atoms with Crippen LogP contribution in [0.25, 0.3) is 11.0 Å². The highest BCUT2D eigenvalue weighted by atomic mass is 16.6. The molecule has 0 atom stereocenters. The number of ether oxygens (including phenoxy) is 1. The summed E-state index contributed by atoms with van der Waals surface area (Å²) in [5.74, 6) is 0. The SMILES string of the molecule is CC(C)(C)OC(=O)NNCc1cnc2ccccc2n1. The molecule has 0 saturated heterocycles. The van der Waals surface area contributed by atoms with Crippen molar-refractivity contribution in [2.75, 3.05) is 0 Å². The normalized spacial score (nSPS) is 11.3. The zero-order valence-electron chi connectivity index (χ0n) is 11.8. The lowest BCUT2D eigenvalue weighted by Gasteiger charge is -2.19. The summed E-state index contributed by atoms with van der Waals surface area (Å²) < 4.78 is 5.10. The first-order valence-corrected chi connectivity index (χ1v) is 6.36. The van der Waals surface area contributed by atoms with Crippen LogP contribution in [0.5, 0.6) is 0 Å². The Hall–Kier alpha value is -2.21. The molecule has 0 unspecified atom stereocenters. The van der Waals surface area contributed by atoms with Gasteiger partial charge in [-0.1, -0.05) is 12.1 Å². The van der Waals surface area contributed by atoms with E-state index in [9.17, 15) is 4.79 Å². The minimum atomic E-state index is -0.522. The van der Waals surface area contributed by atoms with Crippen LogP contribution in [-0.2, 0) is 11.3 Å². The van der Waals surface area contributed by atoms with Gasteiger partial charge in [-0.2, -0.15) is 0 Å². The molecule has 0 saturated carbocycles. The van der Waals surface area contributed by atoms with Crippen LogP contribution in [0.4, 0.5) is 4.79 Å². The lowest BCUT2D eigenvalue weighted by atomic mass is 10.2. The monoisotopic (exact) mass is 274 g/mol. The number of nitrogens with one attached hydrogen (secondary N) is 2. The molecule has 0 aliphatic rings. The number of hydrogen-bond donors (Lipinski definition) is 2. The molecule has 0 aliphatic carbocycles. The third kappa shape index (κ3) is 4.17. The van der Waals surface area contributed by atoms with E-state index in [1.165, 1.54) is 0 Å². The summed E-state index contributed by atoms with van der Waals surface area (Å²) in [5, 5.41) is 0. The quantitative estimate of drug-likeness (QED) is 0.839. The Labute approximate surface area is 117 Å². The van der Waals surface area contributed by atoms with Gasteiger partial charge < -0.3 is 4.74 Å². The molecule has 2 N–H and O–H groups in total. The van der Waals surface area contributed by atoms with Crippen LogP contribution < -0.4 is 10.9 Å². The average Bonchev–Trinajstić information content (AvgIpc) is 2.36. The van der Waals surface area contributed by atoms with Crippen LogP contribution in [0.3, 0.4) is 0 Å². The largest absolute Gasteiger partial charge is 0.443 e. The van der Waals surface area contributed by atoms with Crippen molar-refractivity contribution in [3.63, 3.8) is 0 Å². The second-order valence-corrected chi connectivity index (χ2v) is 5.33. The molecule has 106 valence electrons. The fourth-order valence-electron chi connectivity index (χ4n) is 1.59. The van der Waals surface area contributed by atoms with Crippen LogP contribution in [0.1, 0.15) is 26.5 Å². The van der Waals surface area contributed by atoms with Crippen molar-refractivity contribution >= 4 is 17.1 Å². The number of amides is 1. The number of hydrogen-bond acceptors (Lipinski definition) is 5. The van der Waals surface area contributed by atoms with Crippen molar-refractivity contribution in [1.29, 1.82) is 0 Å². The van der Waals surface area contributed by atoms with E-state index in [-0.39, 0.29) is 0 Å². The van der Waals surface area contributed by atoms with Crippen molar-refractivity contribution in [1.82, 2.24) is 20.8 Å². The summed E-state index contributed by atoms with van der Waals surface area (Å²) in [6, 6.07) is 7.62. The minimum absolute atomic E-state index is 0.372. The van der Waals surface area contributed by atoms with Crippen molar-refractivity contribution in [3.8, 4) is 0 Å². The number of carbonyl (C=O) groups excluding carboxylic acids is 1. The number of nitrogens with zero attached hydrogens (tertiary/aromatic N) is 2. The zero-order valence-corrected chi connectivity index (χ0v) is 11.8. The first kappa shape index (κ1) is 14.2. The number of fused-ring (bicyclic) bond motifs is 1. The molecule has 6 heteroatoms. The van der Waals surface area contributed by atoms with E-state index in [2.05, 4.69) is 20.8 Å². The van der Waals surface area contributed by atoms with Crippen LogP contribution in [0.2, 0.25) is 0 Å². The summed E-state index contributed by atoms with van der Waals surface area (Å²) in [6.45, 7) is 5.79. The average molecular weight is 274 g/mol. The van der Waals surface area contributed by atoms with Gasteiger partial charge in [0, 0.05) is 0 Å². The minimum Gasteiger partial charge on any atom is -0.443 e. The molecule has 0 spiro atoms. The fourth-order valence-corrected chi connectivity index (χ4v) is 1.59. The predicted molar refractivity (Wildman–Crippen MR) is 75.7 cm³/mol. The standard InChI is InChI=1S/C14H18N4O2/c1-14(2,3)20-13(19)18-16-9-10-8-15-11-6-4-5-7-12(11)17-10/h4-8,16H,9H2,1-3H3,(H,18,19). The Bertz CT molecular complexity index is 607. The summed E-state index contributed by atoms with van der Waals surface area (Å²) in [4.78, 5) is 20.2. The maximum atomic E-state index is 11.4. The molecule has 1 aromatic carbocycles. The Balaban J connectivity index is 1.88. The van der Waals surface area contributed by atoms with E-state index in [1.807, 2.05) is 24.3 Å². The molecule has 2 aromatic rings. The number of aromatic nitrogens is 2. The first-order chi connectivity index (χ1) is 9.44. The highest BCUT2D eigenvalue weighted by molar-refractivity contribution is 5.73. The van der Waals surface area contributed by atoms with Crippen LogP contribution in [0.15, 0.2) is 30.5 Å². The fraction of sp³-hybridized carbons (Fsp3) is 0.357. The molecule has 1 heterocycles. The van der Waals surface area contributed by atoms with E-state index < -0.39 is 11.7 Å². The second kappa shape index (κ2) is 5.83. The lowest BCUT2D eigenvalue weighted by Crippen LogP contribution is -2.40. The maximum Gasteiger partial charge on any atom is 0.422 e. The molecule has 20 heavy (non-hydrogen) atoms. The van der Waals surface area contributed by atoms with Crippen LogP contribution in [-0.4, -0.2) is 21.7 Å². The van der Waals surface area contributed by atoms with E-state index >= 15 is 0 Å². The third-order valence-electron chi connectivity index (χ3n) is 2.36. The first-order valence-electron chi connectivity index (χ1n) is 6.36. The molecule has 1 amide bonds. The number of carbonyl (C=O) groups is 1. The summed E-state index contributed by atoms with van der Waals surface area (Å²) in [5.41, 5.74) is 7.10. The summed E-state index contributed by atoms with van der Waals surface area (Å²) in [7, 11) is 0. The van der Waals surface area contributed by atoms with E-state index in [0.29, 0.717) is 6.54 Å². The molecule has 0 aliphatic heterocycles. The maximum absolute atomic E-state index is 11.4. The molecule has 0 radical (unpaired) electrons. The highest BCUT2D eigenvalue weighted by Gasteiger charge is 2.15. The molecule has 2 rings (SSSR count). The lowest BCUT2D eigenvalue weighted by molar-refractivity contribution is 0.0497. The van der Waals surface area contributed by atoms with Gasteiger partial charge in [0.15, 0.2) is 0 Å². The van der Waals surface area contributed by atoms with Crippen LogP contribution >= 0.6 is 0 Å². The van der Waals surface area contributed by atoms with Gasteiger partial charge in [-0.05, 0) is 32.9 Å². The Morgan fingerprint density at radius 1 is 1.25 bits per heavy atom. The van der Waals surface area contributed by atoms with Crippen molar-refractivity contribution in [2.45, 2.75) is 32.9 Å². The predicted octanol–water partition coefficient (Wildman–Crippen LogP) is 2.16. The number of hydrazine groups is 1. The van der Waals surface area contributed by atoms with Crippen molar-refractivity contribution < 1.29 is 9.53 Å².